The Morgan fingerprint density at radius 3 is 3.05 bits per heavy atom. The first-order chi connectivity index (χ1) is 10.3. The summed E-state index contributed by atoms with van der Waals surface area (Å²) in [5, 5.41) is 3.28. The zero-order chi connectivity index (χ0) is 14.7. The Labute approximate surface area is 124 Å². The Morgan fingerprint density at radius 2 is 2.24 bits per heavy atom. The van der Waals surface area contributed by atoms with Crippen LogP contribution in [0, 0.1) is 5.82 Å². The fraction of sp³-hybridized carbons (Fsp3) is 0.353. The van der Waals surface area contributed by atoms with Crippen molar-refractivity contribution in [3.05, 3.63) is 59.7 Å². The standard InChI is InChI=1S/C17H19FN2O/c1-19-16(13-8-14(18)11-20-10-13)9-12-6-7-21-17-5-3-2-4-15(12)17/h2-5,8,10-12,16,19H,6-7,9H2,1H3. The highest BCUT2D eigenvalue weighted by Crippen LogP contribution is 2.38. The number of pyridine rings is 1. The lowest BCUT2D eigenvalue weighted by atomic mass is 9.86. The van der Waals surface area contributed by atoms with E-state index >= 15 is 0 Å². The number of halogens is 1. The summed E-state index contributed by atoms with van der Waals surface area (Å²) in [6.45, 7) is 0.736. The second-order valence-corrected chi connectivity index (χ2v) is 5.39. The van der Waals surface area contributed by atoms with Gasteiger partial charge in [0.05, 0.1) is 12.8 Å². The highest BCUT2D eigenvalue weighted by Gasteiger charge is 2.24. The summed E-state index contributed by atoms with van der Waals surface area (Å²) in [4.78, 5) is 3.95. The van der Waals surface area contributed by atoms with Gasteiger partial charge in [-0.2, -0.15) is 0 Å². The first-order valence-corrected chi connectivity index (χ1v) is 7.27. The monoisotopic (exact) mass is 286 g/mol. The van der Waals surface area contributed by atoms with Crippen LogP contribution < -0.4 is 10.1 Å². The van der Waals surface area contributed by atoms with E-state index in [-0.39, 0.29) is 11.9 Å². The molecule has 0 bridgehead atoms. The van der Waals surface area contributed by atoms with E-state index in [0.717, 1.165) is 30.8 Å². The third kappa shape index (κ3) is 3.05. The van der Waals surface area contributed by atoms with Crippen molar-refractivity contribution in [2.45, 2.75) is 24.8 Å². The van der Waals surface area contributed by atoms with Crippen LogP contribution in [0.1, 0.15) is 35.9 Å². The molecule has 2 heterocycles. The molecule has 4 heteroatoms. The van der Waals surface area contributed by atoms with Gasteiger partial charge in [0, 0.05) is 12.2 Å². The third-order valence-electron chi connectivity index (χ3n) is 4.08. The maximum Gasteiger partial charge on any atom is 0.141 e. The van der Waals surface area contributed by atoms with Crippen LogP contribution in [0.4, 0.5) is 4.39 Å². The van der Waals surface area contributed by atoms with E-state index in [0.29, 0.717) is 5.92 Å². The van der Waals surface area contributed by atoms with Gasteiger partial charge in [-0.3, -0.25) is 4.98 Å². The summed E-state index contributed by atoms with van der Waals surface area (Å²) >= 11 is 0. The van der Waals surface area contributed by atoms with Crippen LogP contribution >= 0.6 is 0 Å². The van der Waals surface area contributed by atoms with Gasteiger partial charge in [0.15, 0.2) is 0 Å². The molecule has 1 aromatic heterocycles. The van der Waals surface area contributed by atoms with Crippen molar-refractivity contribution in [2.75, 3.05) is 13.7 Å². The predicted octanol–water partition coefficient (Wildman–Crippen LogP) is 3.44. The number of benzene rings is 1. The molecule has 3 rings (SSSR count). The Morgan fingerprint density at radius 1 is 1.38 bits per heavy atom. The summed E-state index contributed by atoms with van der Waals surface area (Å²) in [6.07, 6.45) is 4.86. The van der Waals surface area contributed by atoms with Crippen molar-refractivity contribution in [1.82, 2.24) is 10.3 Å². The molecule has 0 aliphatic carbocycles. The lowest BCUT2D eigenvalue weighted by Crippen LogP contribution is -2.22. The van der Waals surface area contributed by atoms with Gasteiger partial charge in [-0.05, 0) is 49.1 Å². The molecule has 110 valence electrons. The Kier molecular flexibility index (Phi) is 4.15. The maximum atomic E-state index is 13.4. The normalized spacial score (nSPS) is 18.7. The lowest BCUT2D eigenvalue weighted by molar-refractivity contribution is 0.256. The zero-order valence-electron chi connectivity index (χ0n) is 12.1. The molecule has 3 nitrogen and oxygen atoms in total. The molecule has 2 unspecified atom stereocenters. The van der Waals surface area contributed by atoms with Crippen LogP contribution in [0.2, 0.25) is 0 Å². The van der Waals surface area contributed by atoms with E-state index in [4.69, 9.17) is 4.74 Å². The van der Waals surface area contributed by atoms with Crippen LogP contribution in [0.3, 0.4) is 0 Å². The number of ether oxygens (including phenoxy) is 1. The van der Waals surface area contributed by atoms with Gasteiger partial charge in [0.1, 0.15) is 11.6 Å². The molecule has 2 atom stereocenters. The van der Waals surface area contributed by atoms with Gasteiger partial charge < -0.3 is 10.1 Å². The summed E-state index contributed by atoms with van der Waals surface area (Å²) in [5.41, 5.74) is 2.13. The molecule has 0 saturated heterocycles. The number of nitrogens with one attached hydrogen (secondary N) is 1. The molecule has 1 aromatic carbocycles. The largest absolute Gasteiger partial charge is 0.493 e. The second kappa shape index (κ2) is 6.22. The number of para-hydroxylation sites is 1. The van der Waals surface area contributed by atoms with Gasteiger partial charge in [-0.15, -0.1) is 0 Å². The van der Waals surface area contributed by atoms with Gasteiger partial charge in [0.2, 0.25) is 0 Å². The highest BCUT2D eigenvalue weighted by molar-refractivity contribution is 5.38. The van der Waals surface area contributed by atoms with Crippen molar-refractivity contribution >= 4 is 0 Å². The minimum Gasteiger partial charge on any atom is -0.493 e. The number of rotatable bonds is 4. The van der Waals surface area contributed by atoms with Gasteiger partial charge in [0.25, 0.3) is 0 Å². The Balaban J connectivity index is 1.82. The molecule has 0 spiro atoms. The number of hydrogen-bond acceptors (Lipinski definition) is 3. The lowest BCUT2D eigenvalue weighted by Gasteiger charge is -2.29. The van der Waals surface area contributed by atoms with Gasteiger partial charge in [-0.1, -0.05) is 18.2 Å². The van der Waals surface area contributed by atoms with Crippen LogP contribution in [0.25, 0.3) is 0 Å². The van der Waals surface area contributed by atoms with E-state index in [1.165, 1.54) is 11.8 Å². The fourth-order valence-electron chi connectivity index (χ4n) is 2.98. The van der Waals surface area contributed by atoms with Gasteiger partial charge >= 0.3 is 0 Å². The molecule has 0 fully saturated rings. The topological polar surface area (TPSA) is 34.1 Å². The molecule has 2 aromatic rings. The smallest absolute Gasteiger partial charge is 0.141 e. The van der Waals surface area contributed by atoms with E-state index in [1.54, 1.807) is 12.3 Å². The van der Waals surface area contributed by atoms with E-state index < -0.39 is 0 Å². The van der Waals surface area contributed by atoms with Crippen LogP contribution in [-0.4, -0.2) is 18.6 Å². The molecule has 0 amide bonds. The van der Waals surface area contributed by atoms with Crippen molar-refractivity contribution in [3.8, 4) is 5.75 Å². The van der Waals surface area contributed by atoms with Crippen molar-refractivity contribution in [1.29, 1.82) is 0 Å². The van der Waals surface area contributed by atoms with Crippen LogP contribution in [0.15, 0.2) is 42.7 Å². The molecule has 0 radical (unpaired) electrons. The minimum absolute atomic E-state index is 0.0874. The first kappa shape index (κ1) is 14.0. The molecular weight excluding hydrogens is 267 g/mol. The number of nitrogens with zero attached hydrogens (tertiary/aromatic N) is 1. The van der Waals surface area contributed by atoms with Crippen molar-refractivity contribution in [2.24, 2.45) is 0 Å². The van der Waals surface area contributed by atoms with E-state index in [9.17, 15) is 4.39 Å². The SMILES string of the molecule is CNC(CC1CCOc2ccccc21)c1cncc(F)c1. The molecule has 1 N–H and O–H groups in total. The summed E-state index contributed by atoms with van der Waals surface area (Å²) < 4.78 is 19.1. The molecule has 0 saturated carbocycles. The minimum atomic E-state index is -0.292. The maximum absolute atomic E-state index is 13.4. The predicted molar refractivity (Wildman–Crippen MR) is 79.9 cm³/mol. The van der Waals surface area contributed by atoms with Gasteiger partial charge in [-0.25, -0.2) is 4.39 Å². The Bertz CT molecular complexity index is 617. The molecule has 21 heavy (non-hydrogen) atoms. The zero-order valence-corrected chi connectivity index (χ0v) is 12.1. The quantitative estimate of drug-likeness (QED) is 0.935. The first-order valence-electron chi connectivity index (χ1n) is 7.27. The van der Waals surface area contributed by atoms with Crippen LogP contribution in [-0.2, 0) is 0 Å². The van der Waals surface area contributed by atoms with E-state index in [1.807, 2.05) is 25.2 Å². The van der Waals surface area contributed by atoms with Crippen LogP contribution in [0.5, 0.6) is 5.75 Å². The molecule has 1 aliphatic heterocycles. The summed E-state index contributed by atoms with van der Waals surface area (Å²) in [5.74, 6) is 1.09. The fourth-order valence-corrected chi connectivity index (χ4v) is 2.98. The number of fused-ring (bicyclic) bond motifs is 1. The summed E-state index contributed by atoms with van der Waals surface area (Å²) in [7, 11) is 1.90. The highest BCUT2D eigenvalue weighted by atomic mass is 19.1. The molecular formula is C17H19FN2O. The van der Waals surface area contributed by atoms with E-state index in [2.05, 4.69) is 16.4 Å². The van der Waals surface area contributed by atoms with Crippen molar-refractivity contribution in [3.63, 3.8) is 0 Å². The second-order valence-electron chi connectivity index (χ2n) is 5.39. The number of hydrogen-bond donors (Lipinski definition) is 1. The number of aromatic nitrogens is 1. The average molecular weight is 286 g/mol. The summed E-state index contributed by atoms with van der Waals surface area (Å²) in [6, 6.07) is 9.81. The average Bonchev–Trinajstić information content (AvgIpc) is 2.52. The molecule has 1 aliphatic rings. The van der Waals surface area contributed by atoms with Crippen molar-refractivity contribution < 1.29 is 9.13 Å². The third-order valence-corrected chi connectivity index (χ3v) is 4.08. The Hall–Kier alpha value is -1.94.